The van der Waals surface area contributed by atoms with E-state index in [2.05, 4.69) is 56.4 Å². The summed E-state index contributed by atoms with van der Waals surface area (Å²) in [6.07, 6.45) is 4.31. The molecule has 11 nitrogen and oxygen atoms in total. The van der Waals surface area contributed by atoms with Gasteiger partial charge in [0.15, 0.2) is 0 Å². The third kappa shape index (κ3) is 11.4. The molecule has 8 rings (SSSR count). The molecule has 12 heteroatoms. The maximum atomic E-state index is 13.2. The van der Waals surface area contributed by atoms with E-state index in [9.17, 15) is 9.59 Å². The van der Waals surface area contributed by atoms with E-state index in [0.717, 1.165) is 101 Å². The number of aromatic nitrogens is 4. The molecule has 0 spiro atoms. The predicted molar refractivity (Wildman–Crippen MR) is 246 cm³/mol. The van der Waals surface area contributed by atoms with Crippen molar-refractivity contribution < 1.29 is 14.7 Å². The number of hydrogen-bond donors (Lipinski definition) is 4. The lowest BCUT2D eigenvalue weighted by Crippen LogP contribution is -2.37. The maximum absolute atomic E-state index is 13.2. The predicted octanol–water partition coefficient (Wildman–Crippen LogP) is 10.0. The third-order valence-electron chi connectivity index (χ3n) is 11.6. The fraction of sp³-hybridized carbons (Fsp3) is 0.320. The number of piperidine rings is 2. The van der Waals surface area contributed by atoms with Crippen LogP contribution in [0.2, 0.25) is 0 Å². The van der Waals surface area contributed by atoms with Gasteiger partial charge in [0.1, 0.15) is 11.6 Å². The second-order valence-electron chi connectivity index (χ2n) is 16.0. The van der Waals surface area contributed by atoms with Crippen molar-refractivity contribution in [3.8, 4) is 34.7 Å². The number of nitrogens with zero attached hydrogens (tertiary/aromatic N) is 5. The number of likely N-dealkylation sites (tertiary alicyclic amines) is 1. The Hall–Kier alpha value is -6.53. The second kappa shape index (κ2) is 21.3. The van der Waals surface area contributed by atoms with E-state index in [0.29, 0.717) is 23.0 Å². The number of H-pyrrole nitrogens is 2. The van der Waals surface area contributed by atoms with E-state index in [1.807, 2.05) is 100 Å². The molecule has 2 saturated heterocycles. The van der Waals surface area contributed by atoms with Crippen LogP contribution in [0.5, 0.6) is 0 Å². The number of rotatable bonds is 6. The van der Waals surface area contributed by atoms with Gasteiger partial charge in [-0.3, -0.25) is 4.79 Å². The minimum absolute atomic E-state index is 0. The second-order valence-corrected chi connectivity index (χ2v) is 16.0. The van der Waals surface area contributed by atoms with Crippen LogP contribution in [-0.2, 0) is 0 Å². The molecule has 4 aromatic carbocycles. The fourth-order valence-electron chi connectivity index (χ4n) is 8.18. The molecule has 0 atom stereocenters. The van der Waals surface area contributed by atoms with E-state index < -0.39 is 5.97 Å². The molecule has 1 amide bonds. The summed E-state index contributed by atoms with van der Waals surface area (Å²) in [7, 11) is 0. The van der Waals surface area contributed by atoms with Crippen LogP contribution in [0.25, 0.3) is 22.5 Å². The van der Waals surface area contributed by atoms with Crippen LogP contribution in [0.3, 0.4) is 0 Å². The first-order valence-electron chi connectivity index (χ1n) is 20.9. The van der Waals surface area contributed by atoms with Gasteiger partial charge in [-0.2, -0.15) is 10.5 Å². The first kappa shape index (κ1) is 46.5. The Morgan fingerprint density at radius 2 is 1.05 bits per heavy atom. The molecule has 4 heterocycles. The minimum atomic E-state index is -0.920. The maximum Gasteiger partial charge on any atom is 0.335 e. The molecular weight excluding hydrogens is 796 g/mol. The zero-order valence-corrected chi connectivity index (χ0v) is 37.1. The average molecular weight is 851 g/mol. The number of halogens is 1. The molecule has 6 aromatic rings. The Morgan fingerprint density at radius 1 is 0.629 bits per heavy atom. The van der Waals surface area contributed by atoms with Crippen molar-refractivity contribution >= 4 is 24.3 Å². The summed E-state index contributed by atoms with van der Waals surface area (Å²) in [5.41, 5.74) is 12.8. The van der Waals surface area contributed by atoms with Gasteiger partial charge in [-0.1, -0.05) is 36.4 Å². The molecule has 2 aromatic heterocycles. The van der Waals surface area contributed by atoms with Crippen molar-refractivity contribution in [1.82, 2.24) is 30.2 Å². The molecule has 2 fully saturated rings. The van der Waals surface area contributed by atoms with Crippen LogP contribution < -0.4 is 5.32 Å². The average Bonchev–Trinajstić information content (AvgIpc) is 3.81. The van der Waals surface area contributed by atoms with Gasteiger partial charge in [-0.15, -0.1) is 12.4 Å². The standard InChI is InChI=1S/C25H26N4O.C13H14N2O2.C12H14N2.ClH/c1-16-4-7-22(14-23(16)24-17(2)27-18(3)28-24)25(30)29-12-10-21(11-13-29)20-8-5-19(15-26)6-9-20;1-7-4-5-10(13(16)17)6-11(7)12-8(2)14-9(3)15-12;13-9-10-1-3-11(4-2-10)12-5-7-14-8-6-12;/h4-9,14,21H,10-13H2,1-3H3,(H,27,28);4-6H,1-3H3,(H,14,15)(H,16,17);1-4,12,14H,5-8H2;1H. The highest BCUT2D eigenvalue weighted by Gasteiger charge is 2.25. The number of carbonyl (C=O) groups excluding carboxylic acids is 1. The van der Waals surface area contributed by atoms with Crippen molar-refractivity contribution in [3.63, 3.8) is 0 Å². The van der Waals surface area contributed by atoms with Crippen LogP contribution in [0, 0.1) is 64.2 Å². The Kier molecular flexibility index (Phi) is 16.0. The summed E-state index contributed by atoms with van der Waals surface area (Å²) in [6.45, 7) is 15.5. The van der Waals surface area contributed by atoms with E-state index in [4.69, 9.17) is 15.6 Å². The summed E-state index contributed by atoms with van der Waals surface area (Å²) in [5.74, 6) is 1.99. The van der Waals surface area contributed by atoms with Crippen molar-refractivity contribution in [2.75, 3.05) is 26.2 Å². The minimum Gasteiger partial charge on any atom is -0.478 e. The molecule has 62 heavy (non-hydrogen) atoms. The molecule has 2 aliphatic rings. The summed E-state index contributed by atoms with van der Waals surface area (Å²) in [5, 5.41) is 30.0. The molecule has 4 N–H and O–H groups in total. The Balaban J connectivity index is 0.000000192. The van der Waals surface area contributed by atoms with E-state index >= 15 is 0 Å². The van der Waals surface area contributed by atoms with E-state index in [1.54, 1.807) is 12.1 Å². The largest absolute Gasteiger partial charge is 0.478 e. The first-order valence-corrected chi connectivity index (χ1v) is 20.9. The van der Waals surface area contributed by atoms with Crippen LogP contribution in [-0.4, -0.2) is 68.0 Å². The summed E-state index contributed by atoms with van der Waals surface area (Å²) in [6, 6.07) is 31.1. The molecule has 320 valence electrons. The van der Waals surface area contributed by atoms with E-state index in [-0.39, 0.29) is 23.9 Å². The number of aromatic carboxylic acids is 1. The first-order chi connectivity index (χ1) is 29.3. The molecule has 0 radical (unpaired) electrons. The lowest BCUT2D eigenvalue weighted by molar-refractivity contribution is 0.0693. The van der Waals surface area contributed by atoms with Gasteiger partial charge in [0, 0.05) is 41.2 Å². The molecule has 2 aliphatic heterocycles. The quantitative estimate of drug-likeness (QED) is 0.128. The molecule has 0 saturated carbocycles. The van der Waals surface area contributed by atoms with Crippen molar-refractivity contribution in [2.45, 2.75) is 79.1 Å². The van der Waals surface area contributed by atoms with Gasteiger partial charge in [0.05, 0.1) is 40.2 Å². The molecule has 0 aliphatic carbocycles. The number of carbonyl (C=O) groups is 2. The number of aromatic amines is 2. The molecule has 0 unspecified atom stereocenters. The number of nitrogens with one attached hydrogen (secondary N) is 3. The fourth-order valence-corrected chi connectivity index (χ4v) is 8.18. The number of imidazole rings is 2. The topological polar surface area (TPSA) is 175 Å². The van der Waals surface area contributed by atoms with Gasteiger partial charge >= 0.3 is 5.97 Å². The molecule has 0 bridgehead atoms. The summed E-state index contributed by atoms with van der Waals surface area (Å²) >= 11 is 0. The zero-order valence-electron chi connectivity index (χ0n) is 36.3. The van der Waals surface area contributed by atoms with Gasteiger partial charge in [-0.05, 0) is 163 Å². The number of amides is 1. The zero-order chi connectivity index (χ0) is 43.6. The van der Waals surface area contributed by atoms with Crippen LogP contribution in [0.4, 0.5) is 0 Å². The van der Waals surface area contributed by atoms with Crippen molar-refractivity contribution in [2.24, 2.45) is 0 Å². The monoisotopic (exact) mass is 850 g/mol. The smallest absolute Gasteiger partial charge is 0.335 e. The summed E-state index contributed by atoms with van der Waals surface area (Å²) < 4.78 is 0. The molecular formula is C50H55ClN8O3. The highest BCUT2D eigenvalue weighted by atomic mass is 35.5. The lowest BCUT2D eigenvalue weighted by Gasteiger charge is -2.32. The van der Waals surface area contributed by atoms with Gasteiger partial charge in [-0.25, -0.2) is 14.8 Å². The lowest BCUT2D eigenvalue weighted by atomic mass is 9.88. The Morgan fingerprint density at radius 3 is 1.45 bits per heavy atom. The highest BCUT2D eigenvalue weighted by molar-refractivity contribution is 5.96. The number of carboxylic acid groups (broad SMARTS) is 1. The van der Waals surface area contributed by atoms with Crippen LogP contribution >= 0.6 is 12.4 Å². The summed E-state index contributed by atoms with van der Waals surface area (Å²) in [4.78, 5) is 41.5. The number of nitriles is 2. The number of carboxylic acids is 1. The SMILES string of the molecule is Cc1nc(-c2cc(C(=O)N3CCC(c4ccc(C#N)cc4)CC3)ccc2C)c(C)[nH]1.Cc1nc(-c2cc(C(=O)O)ccc2C)c(C)[nH]1.Cl.N#Cc1ccc(C2CCNCC2)cc1. The van der Waals surface area contributed by atoms with Gasteiger partial charge in [0.2, 0.25) is 0 Å². The Labute approximate surface area is 370 Å². The van der Waals surface area contributed by atoms with Gasteiger partial charge in [0.25, 0.3) is 5.91 Å². The van der Waals surface area contributed by atoms with Crippen LogP contribution in [0.1, 0.15) is 115 Å². The van der Waals surface area contributed by atoms with Crippen LogP contribution in [0.15, 0.2) is 84.9 Å². The number of benzene rings is 4. The van der Waals surface area contributed by atoms with Crippen molar-refractivity contribution in [3.05, 3.63) is 152 Å². The third-order valence-corrected chi connectivity index (χ3v) is 11.6. The normalized spacial score (nSPS) is 13.9. The number of aryl methyl sites for hydroxylation is 6. The Bertz CT molecular complexity index is 2570. The van der Waals surface area contributed by atoms with E-state index in [1.165, 1.54) is 24.0 Å². The highest BCUT2D eigenvalue weighted by Crippen LogP contribution is 2.31. The van der Waals surface area contributed by atoms with Gasteiger partial charge < -0.3 is 25.3 Å². The van der Waals surface area contributed by atoms with Crippen molar-refractivity contribution in [1.29, 1.82) is 10.5 Å². The number of hydrogen-bond acceptors (Lipinski definition) is 7.